The first-order valence-electron chi connectivity index (χ1n) is 3.37. The fourth-order valence-corrected chi connectivity index (χ4v) is 1.01. The Morgan fingerprint density at radius 2 is 2.27 bits per heavy atom. The van der Waals surface area contributed by atoms with Gasteiger partial charge in [-0.2, -0.15) is 5.10 Å². The lowest BCUT2D eigenvalue weighted by Crippen LogP contribution is -1.81. The highest BCUT2D eigenvalue weighted by molar-refractivity contribution is 6.16. The van der Waals surface area contributed by atoms with Crippen molar-refractivity contribution in [1.29, 1.82) is 0 Å². The number of aromatic nitrogens is 3. The lowest BCUT2D eigenvalue weighted by Gasteiger charge is -1.81. The molecule has 1 aromatic rings. The molecule has 0 bridgehead atoms. The van der Waals surface area contributed by atoms with Crippen LogP contribution in [0.25, 0.3) is 0 Å². The Morgan fingerprint density at radius 3 is 2.73 bits per heavy atom. The molecule has 1 fully saturated rings. The highest BCUT2D eigenvalue weighted by atomic mass is 35.5. The second-order valence-corrected chi connectivity index (χ2v) is 2.82. The molecule has 11 heavy (non-hydrogen) atoms. The van der Waals surface area contributed by atoms with Crippen molar-refractivity contribution in [3.63, 3.8) is 0 Å². The number of halogens is 2. The standard InChI is InChI=1S/C6H8ClN3.ClH/c7-3-5-8-6(10-9-5)4-1-2-4;/h4H,1-3H2,(H,8,9,10);1H. The van der Waals surface area contributed by atoms with Gasteiger partial charge in [0.1, 0.15) is 5.82 Å². The van der Waals surface area contributed by atoms with E-state index in [9.17, 15) is 0 Å². The number of aromatic amines is 1. The number of alkyl halides is 1. The zero-order chi connectivity index (χ0) is 6.97. The molecule has 1 aliphatic carbocycles. The summed E-state index contributed by atoms with van der Waals surface area (Å²) in [6, 6.07) is 0. The van der Waals surface area contributed by atoms with Crippen LogP contribution in [0.3, 0.4) is 0 Å². The van der Waals surface area contributed by atoms with Gasteiger partial charge in [-0.25, -0.2) is 4.98 Å². The van der Waals surface area contributed by atoms with Crippen LogP contribution in [0, 0.1) is 0 Å². The van der Waals surface area contributed by atoms with E-state index < -0.39 is 0 Å². The molecule has 0 spiro atoms. The van der Waals surface area contributed by atoms with Crippen LogP contribution in [0.2, 0.25) is 0 Å². The minimum atomic E-state index is 0. The number of nitrogens with one attached hydrogen (secondary N) is 1. The Bertz CT molecular complexity index is 231. The van der Waals surface area contributed by atoms with E-state index in [0.29, 0.717) is 11.8 Å². The molecule has 1 saturated carbocycles. The van der Waals surface area contributed by atoms with E-state index in [1.165, 1.54) is 12.8 Å². The summed E-state index contributed by atoms with van der Waals surface area (Å²) in [7, 11) is 0. The van der Waals surface area contributed by atoms with Gasteiger partial charge >= 0.3 is 0 Å². The summed E-state index contributed by atoms with van der Waals surface area (Å²) in [5.41, 5.74) is 0. The summed E-state index contributed by atoms with van der Waals surface area (Å²) in [5.74, 6) is 2.77. The molecule has 1 N–H and O–H groups in total. The quantitative estimate of drug-likeness (QED) is 0.729. The molecule has 62 valence electrons. The van der Waals surface area contributed by atoms with Gasteiger partial charge in [0.15, 0.2) is 5.82 Å². The van der Waals surface area contributed by atoms with Crippen molar-refractivity contribution >= 4 is 24.0 Å². The summed E-state index contributed by atoms with van der Waals surface area (Å²) in [6.45, 7) is 0. The van der Waals surface area contributed by atoms with Crippen LogP contribution in [-0.4, -0.2) is 15.2 Å². The largest absolute Gasteiger partial charge is 0.262 e. The molecule has 0 saturated heterocycles. The third kappa shape index (κ3) is 1.84. The fourth-order valence-electron chi connectivity index (χ4n) is 0.894. The molecular formula is C6H9Cl2N3. The molecule has 0 aromatic carbocycles. The maximum absolute atomic E-state index is 5.53. The Balaban J connectivity index is 0.000000605. The second kappa shape index (κ2) is 3.41. The number of hydrogen-bond donors (Lipinski definition) is 1. The fraction of sp³-hybridized carbons (Fsp3) is 0.667. The first-order valence-corrected chi connectivity index (χ1v) is 3.90. The number of H-pyrrole nitrogens is 1. The van der Waals surface area contributed by atoms with Gasteiger partial charge in [-0.05, 0) is 12.8 Å². The molecule has 0 atom stereocenters. The van der Waals surface area contributed by atoms with Crippen LogP contribution in [0.5, 0.6) is 0 Å². The molecule has 5 heteroatoms. The predicted molar refractivity (Wildman–Crippen MR) is 45.2 cm³/mol. The van der Waals surface area contributed by atoms with Crippen molar-refractivity contribution in [3.8, 4) is 0 Å². The molecule has 0 amide bonds. The van der Waals surface area contributed by atoms with Gasteiger partial charge in [0, 0.05) is 5.92 Å². The van der Waals surface area contributed by atoms with Crippen LogP contribution in [-0.2, 0) is 5.88 Å². The van der Waals surface area contributed by atoms with Crippen molar-refractivity contribution in [2.24, 2.45) is 0 Å². The van der Waals surface area contributed by atoms with E-state index in [4.69, 9.17) is 11.6 Å². The van der Waals surface area contributed by atoms with Crippen LogP contribution < -0.4 is 0 Å². The molecule has 1 aromatic heterocycles. The maximum Gasteiger partial charge on any atom is 0.153 e. The first-order chi connectivity index (χ1) is 4.90. The smallest absolute Gasteiger partial charge is 0.153 e. The van der Waals surface area contributed by atoms with Gasteiger partial charge in [-0.1, -0.05) is 0 Å². The maximum atomic E-state index is 5.53. The minimum absolute atomic E-state index is 0. The van der Waals surface area contributed by atoms with Crippen LogP contribution >= 0.6 is 24.0 Å². The summed E-state index contributed by atoms with van der Waals surface area (Å²) in [5, 5.41) is 6.81. The second-order valence-electron chi connectivity index (χ2n) is 2.55. The summed E-state index contributed by atoms with van der Waals surface area (Å²) in [6.07, 6.45) is 2.47. The van der Waals surface area contributed by atoms with E-state index in [0.717, 1.165) is 11.6 Å². The average Bonchev–Trinajstić information content (AvgIpc) is 2.70. The molecular weight excluding hydrogens is 185 g/mol. The average molecular weight is 194 g/mol. The molecule has 2 rings (SSSR count). The van der Waals surface area contributed by atoms with Crippen LogP contribution in [0.1, 0.15) is 30.4 Å². The Labute approximate surface area is 76.0 Å². The van der Waals surface area contributed by atoms with Crippen molar-refractivity contribution in [3.05, 3.63) is 11.6 Å². The normalized spacial score (nSPS) is 16.1. The van der Waals surface area contributed by atoms with Crippen molar-refractivity contribution in [2.75, 3.05) is 0 Å². The van der Waals surface area contributed by atoms with Gasteiger partial charge in [0.2, 0.25) is 0 Å². The van der Waals surface area contributed by atoms with E-state index in [1.54, 1.807) is 0 Å². The van der Waals surface area contributed by atoms with Crippen LogP contribution in [0.15, 0.2) is 0 Å². The van der Waals surface area contributed by atoms with Gasteiger partial charge in [-0.15, -0.1) is 24.0 Å². The predicted octanol–water partition coefficient (Wildman–Crippen LogP) is 1.84. The minimum Gasteiger partial charge on any atom is -0.262 e. The zero-order valence-electron chi connectivity index (χ0n) is 5.88. The Morgan fingerprint density at radius 1 is 1.55 bits per heavy atom. The first kappa shape index (κ1) is 8.81. The lowest BCUT2D eigenvalue weighted by molar-refractivity contribution is 0.934. The summed E-state index contributed by atoms with van der Waals surface area (Å²) >= 11 is 5.53. The van der Waals surface area contributed by atoms with Crippen molar-refractivity contribution < 1.29 is 0 Å². The van der Waals surface area contributed by atoms with E-state index in [2.05, 4.69) is 15.2 Å². The van der Waals surface area contributed by atoms with Gasteiger partial charge in [-0.3, -0.25) is 5.10 Å². The van der Waals surface area contributed by atoms with Crippen molar-refractivity contribution in [2.45, 2.75) is 24.6 Å². The molecule has 0 radical (unpaired) electrons. The van der Waals surface area contributed by atoms with E-state index >= 15 is 0 Å². The SMILES string of the molecule is Cl.ClCc1nc(C2CC2)n[nH]1. The third-order valence-electron chi connectivity index (χ3n) is 1.62. The highest BCUT2D eigenvalue weighted by Gasteiger charge is 2.27. The number of rotatable bonds is 2. The monoisotopic (exact) mass is 193 g/mol. The number of hydrogen-bond acceptors (Lipinski definition) is 2. The van der Waals surface area contributed by atoms with Gasteiger partial charge < -0.3 is 0 Å². The highest BCUT2D eigenvalue weighted by Crippen LogP contribution is 2.37. The Hall–Kier alpha value is -0.280. The molecule has 0 aliphatic heterocycles. The zero-order valence-corrected chi connectivity index (χ0v) is 7.45. The molecule has 0 unspecified atom stereocenters. The van der Waals surface area contributed by atoms with Gasteiger partial charge in [0.25, 0.3) is 0 Å². The molecule has 1 heterocycles. The molecule has 1 aliphatic rings. The van der Waals surface area contributed by atoms with E-state index in [1.807, 2.05) is 0 Å². The van der Waals surface area contributed by atoms with Crippen LogP contribution in [0.4, 0.5) is 0 Å². The summed E-state index contributed by atoms with van der Waals surface area (Å²) in [4.78, 5) is 4.19. The van der Waals surface area contributed by atoms with Crippen molar-refractivity contribution in [1.82, 2.24) is 15.2 Å². The number of nitrogens with zero attached hydrogens (tertiary/aromatic N) is 2. The van der Waals surface area contributed by atoms with E-state index in [-0.39, 0.29) is 12.4 Å². The lowest BCUT2D eigenvalue weighted by atomic mass is 10.4. The third-order valence-corrected chi connectivity index (χ3v) is 1.87. The topological polar surface area (TPSA) is 41.6 Å². The molecule has 3 nitrogen and oxygen atoms in total. The summed E-state index contributed by atoms with van der Waals surface area (Å²) < 4.78 is 0. The Kier molecular flexibility index (Phi) is 2.73. The van der Waals surface area contributed by atoms with Gasteiger partial charge in [0.05, 0.1) is 5.88 Å².